The van der Waals surface area contributed by atoms with Crippen molar-refractivity contribution in [2.45, 2.75) is 284 Å². The summed E-state index contributed by atoms with van der Waals surface area (Å²) < 4.78 is 0. The fraction of sp³-hybridized carbons (Fsp3) is 0.978. The van der Waals surface area contributed by atoms with Crippen molar-refractivity contribution in [3.8, 4) is 0 Å². The molecule has 0 N–H and O–H groups in total. The van der Waals surface area contributed by atoms with Gasteiger partial charge >= 0.3 is 0 Å². The number of unbranched alkanes of at least 4 members (excludes halogenated alkanes) is 40. The van der Waals surface area contributed by atoms with Gasteiger partial charge in [-0.05, 0) is 5.92 Å². The van der Waals surface area contributed by atoms with Crippen LogP contribution in [0.2, 0.25) is 0 Å². The van der Waals surface area contributed by atoms with Gasteiger partial charge in [0.05, 0.1) is 0 Å². The molecule has 277 valence electrons. The van der Waals surface area contributed by atoms with Gasteiger partial charge < -0.3 is 0 Å². The van der Waals surface area contributed by atoms with Crippen LogP contribution >= 0.6 is 0 Å². The maximum Gasteiger partial charge on any atom is -0.0471 e. The Labute approximate surface area is 295 Å². The summed E-state index contributed by atoms with van der Waals surface area (Å²) in [5.41, 5.74) is 0. The lowest BCUT2D eigenvalue weighted by Crippen LogP contribution is -1.87. The van der Waals surface area contributed by atoms with Gasteiger partial charge in [0.2, 0.25) is 0 Å². The van der Waals surface area contributed by atoms with Crippen molar-refractivity contribution in [3.63, 3.8) is 0 Å². The standard InChI is InChI=1S/C46H93/c1-4-5-6-7-8-9-10-11-12-13-14-15-16-17-18-19-20-21-22-23-24-25-26-27-28-29-30-31-32-33-34-35-36-37-38-39-40-41-42-43-44-45-46(2)3/h46H,1,4-45H2,2-3H3. The Balaban J connectivity index is 3.04. The van der Waals surface area contributed by atoms with Crippen LogP contribution in [-0.4, -0.2) is 0 Å². The lowest BCUT2D eigenvalue weighted by atomic mass is 10.0. The smallest absolute Gasteiger partial charge is 0.0471 e. The van der Waals surface area contributed by atoms with E-state index < -0.39 is 0 Å². The molecule has 0 aromatic carbocycles. The van der Waals surface area contributed by atoms with Gasteiger partial charge in [-0.1, -0.05) is 290 Å². The molecule has 0 unspecified atom stereocenters. The normalized spacial score (nSPS) is 11.7. The van der Waals surface area contributed by atoms with E-state index in [0.29, 0.717) is 0 Å². The molecule has 0 saturated heterocycles. The fourth-order valence-corrected chi connectivity index (χ4v) is 7.45. The van der Waals surface area contributed by atoms with Crippen molar-refractivity contribution in [1.82, 2.24) is 0 Å². The summed E-state index contributed by atoms with van der Waals surface area (Å²) >= 11 is 0. The summed E-state index contributed by atoms with van der Waals surface area (Å²) in [4.78, 5) is 0. The van der Waals surface area contributed by atoms with Gasteiger partial charge in [0.1, 0.15) is 0 Å². The van der Waals surface area contributed by atoms with E-state index >= 15 is 0 Å². The van der Waals surface area contributed by atoms with Gasteiger partial charge in [-0.15, -0.1) is 0 Å². The van der Waals surface area contributed by atoms with Gasteiger partial charge in [0, 0.05) is 0 Å². The minimum Gasteiger partial charge on any atom is -0.0628 e. The molecule has 0 amide bonds. The lowest BCUT2D eigenvalue weighted by molar-refractivity contribution is 0.500. The van der Waals surface area contributed by atoms with Crippen LogP contribution in [0, 0.1) is 12.8 Å². The Morgan fingerprint density at radius 3 is 0.478 bits per heavy atom. The van der Waals surface area contributed by atoms with Crippen LogP contribution < -0.4 is 0 Å². The van der Waals surface area contributed by atoms with Crippen LogP contribution in [0.25, 0.3) is 0 Å². The molecule has 0 heterocycles. The molecule has 0 aliphatic rings. The zero-order valence-corrected chi connectivity index (χ0v) is 33.0. The summed E-state index contributed by atoms with van der Waals surface area (Å²) in [6.45, 7) is 8.64. The first-order valence-corrected chi connectivity index (χ1v) is 22.6. The molecule has 0 aliphatic heterocycles. The van der Waals surface area contributed by atoms with Crippen molar-refractivity contribution >= 4 is 0 Å². The van der Waals surface area contributed by atoms with E-state index in [9.17, 15) is 0 Å². The van der Waals surface area contributed by atoms with Crippen LogP contribution in [0.15, 0.2) is 0 Å². The Bertz CT molecular complexity index is 492. The van der Waals surface area contributed by atoms with Crippen LogP contribution in [0.5, 0.6) is 0 Å². The molecule has 0 atom stereocenters. The highest BCUT2D eigenvalue weighted by Crippen LogP contribution is 2.18. The summed E-state index contributed by atoms with van der Waals surface area (Å²) in [6, 6.07) is 0. The molecule has 0 saturated carbocycles. The van der Waals surface area contributed by atoms with E-state index in [4.69, 9.17) is 0 Å². The highest BCUT2D eigenvalue weighted by Gasteiger charge is 1.98. The van der Waals surface area contributed by atoms with Gasteiger partial charge in [0.25, 0.3) is 0 Å². The Morgan fingerprint density at radius 1 is 0.217 bits per heavy atom. The molecular formula is C46H93. The second kappa shape index (κ2) is 43.0. The first-order chi connectivity index (χ1) is 22.8. The van der Waals surface area contributed by atoms with Crippen molar-refractivity contribution in [2.24, 2.45) is 5.92 Å². The Hall–Kier alpha value is 0. The minimum absolute atomic E-state index is 0.895. The molecule has 0 spiro atoms. The molecule has 46 heavy (non-hydrogen) atoms. The number of hydrogen-bond donors (Lipinski definition) is 0. The third kappa shape index (κ3) is 44.0. The SMILES string of the molecule is [CH2]CCCCCCCCCCCCCCCCCCCCCCCCCCCCCCCCCCCCCCCCCCC(C)C. The molecule has 0 aromatic heterocycles. The van der Waals surface area contributed by atoms with Crippen LogP contribution in [-0.2, 0) is 0 Å². The predicted octanol–water partition coefficient (Wildman–Crippen LogP) is 17.9. The zero-order chi connectivity index (χ0) is 33.3. The molecule has 0 rings (SSSR count). The third-order valence-electron chi connectivity index (χ3n) is 10.8. The second-order valence-electron chi connectivity index (χ2n) is 16.2. The van der Waals surface area contributed by atoms with Crippen molar-refractivity contribution in [1.29, 1.82) is 0 Å². The van der Waals surface area contributed by atoms with Gasteiger partial charge in [-0.3, -0.25) is 0 Å². The number of hydrogen-bond acceptors (Lipinski definition) is 0. The average Bonchev–Trinajstić information content (AvgIpc) is 3.05. The average molecular weight is 646 g/mol. The molecular weight excluding hydrogens is 553 g/mol. The molecule has 0 nitrogen and oxygen atoms in total. The fourth-order valence-electron chi connectivity index (χ4n) is 7.45. The van der Waals surface area contributed by atoms with Crippen LogP contribution in [0.3, 0.4) is 0 Å². The summed E-state index contributed by atoms with van der Waals surface area (Å²) in [5, 5.41) is 0. The minimum atomic E-state index is 0.895. The monoisotopic (exact) mass is 646 g/mol. The van der Waals surface area contributed by atoms with Crippen molar-refractivity contribution < 1.29 is 0 Å². The first kappa shape index (κ1) is 46.0. The molecule has 0 heteroatoms. The first-order valence-electron chi connectivity index (χ1n) is 22.6. The molecule has 0 fully saturated rings. The lowest BCUT2D eigenvalue weighted by Gasteiger charge is -2.05. The summed E-state index contributed by atoms with van der Waals surface area (Å²) in [7, 11) is 0. The van der Waals surface area contributed by atoms with Gasteiger partial charge in [0.15, 0.2) is 0 Å². The van der Waals surface area contributed by atoms with Crippen molar-refractivity contribution in [3.05, 3.63) is 6.92 Å². The highest BCUT2D eigenvalue weighted by molar-refractivity contribution is 4.54. The van der Waals surface area contributed by atoms with Crippen LogP contribution in [0.1, 0.15) is 284 Å². The van der Waals surface area contributed by atoms with Crippen LogP contribution in [0.4, 0.5) is 0 Å². The summed E-state index contributed by atoms with van der Waals surface area (Å²) in [6.07, 6.45) is 61.8. The van der Waals surface area contributed by atoms with E-state index in [2.05, 4.69) is 20.8 Å². The Kier molecular flexibility index (Phi) is 43.0. The van der Waals surface area contributed by atoms with Crippen molar-refractivity contribution in [2.75, 3.05) is 0 Å². The molecule has 1 radical (unpaired) electrons. The maximum atomic E-state index is 3.93. The van der Waals surface area contributed by atoms with E-state index in [0.717, 1.165) is 12.3 Å². The number of rotatable bonds is 42. The Morgan fingerprint density at radius 2 is 0.348 bits per heavy atom. The third-order valence-corrected chi connectivity index (χ3v) is 10.8. The largest absolute Gasteiger partial charge is 0.0628 e. The summed E-state index contributed by atoms with van der Waals surface area (Å²) in [5.74, 6) is 0.895. The highest BCUT2D eigenvalue weighted by atomic mass is 14.0. The predicted molar refractivity (Wildman–Crippen MR) is 214 cm³/mol. The maximum absolute atomic E-state index is 3.93. The van der Waals surface area contributed by atoms with Gasteiger partial charge in [-0.2, -0.15) is 0 Å². The van der Waals surface area contributed by atoms with E-state index in [1.165, 1.54) is 263 Å². The van der Waals surface area contributed by atoms with E-state index in [1.54, 1.807) is 0 Å². The molecule has 0 aliphatic carbocycles. The zero-order valence-electron chi connectivity index (χ0n) is 33.0. The van der Waals surface area contributed by atoms with E-state index in [1.807, 2.05) is 0 Å². The quantitative estimate of drug-likeness (QED) is 0.0579. The topological polar surface area (TPSA) is 0 Å². The van der Waals surface area contributed by atoms with Gasteiger partial charge in [-0.25, -0.2) is 0 Å². The molecule has 0 bridgehead atoms. The molecule has 0 aromatic rings. The second-order valence-corrected chi connectivity index (χ2v) is 16.2. The van der Waals surface area contributed by atoms with E-state index in [-0.39, 0.29) is 0 Å².